The third-order valence-electron chi connectivity index (χ3n) is 0.597. The predicted octanol–water partition coefficient (Wildman–Crippen LogP) is 0.612. The molecule has 0 unspecified atom stereocenters. The van der Waals surface area contributed by atoms with E-state index in [-0.39, 0.29) is 5.54 Å². The van der Waals surface area contributed by atoms with Crippen molar-refractivity contribution < 1.29 is 0 Å². The Kier molecular flexibility index (Phi) is 2.88. The largest absolute Gasteiger partial charge is 0.326 e. The molecule has 0 amide bonds. The Balaban J connectivity index is 3.15. The molecule has 0 aromatic carbocycles. The van der Waals surface area contributed by atoms with E-state index < -0.39 is 8.99 Å². The molecule has 0 aromatic heterocycles. The third kappa shape index (κ3) is 6.47. The molecule has 3 heteroatoms. The second kappa shape index (κ2) is 2.70. The molecule has 7 heavy (non-hydrogen) atoms. The minimum absolute atomic E-state index is 0.230. The van der Waals surface area contributed by atoms with Gasteiger partial charge in [-0.15, -0.1) is 0 Å². The van der Waals surface area contributed by atoms with Crippen molar-refractivity contribution in [1.29, 1.82) is 0 Å². The van der Waals surface area contributed by atoms with Crippen LogP contribution < -0.4 is 4.98 Å². The first-order valence-electron chi connectivity index (χ1n) is 2.37. The molecule has 0 aliphatic carbocycles. The lowest BCUT2D eigenvalue weighted by atomic mass is 10.1. The third-order valence-corrected chi connectivity index (χ3v) is 2.19. The second-order valence-corrected chi connectivity index (χ2v) is 3.98. The maximum absolute atomic E-state index is 5.51. The topological polar surface area (TPSA) is 12.0 Å². The van der Waals surface area contributed by atoms with Crippen molar-refractivity contribution in [1.82, 2.24) is 4.98 Å². The Labute approximate surface area is 52.0 Å². The van der Waals surface area contributed by atoms with Gasteiger partial charge in [-0.1, -0.05) is 0 Å². The van der Waals surface area contributed by atoms with Crippen LogP contribution in [0.5, 0.6) is 0 Å². The lowest BCUT2D eigenvalue weighted by Gasteiger charge is -2.17. The lowest BCUT2D eigenvalue weighted by molar-refractivity contribution is 0.526. The summed E-state index contributed by atoms with van der Waals surface area (Å²) in [5.74, 6) is 0. The van der Waals surface area contributed by atoms with E-state index in [0.717, 1.165) is 0 Å². The molecule has 0 atom stereocenters. The zero-order valence-electron chi connectivity index (χ0n) is 5.09. The molecule has 0 radical (unpaired) electrons. The fraction of sp³-hybridized carbons (Fsp3) is 1.00. The molecular formula is C4H12ClNSi. The predicted molar refractivity (Wildman–Crippen MR) is 37.3 cm³/mol. The summed E-state index contributed by atoms with van der Waals surface area (Å²) in [7, 11) is -0.468. The van der Waals surface area contributed by atoms with Crippen molar-refractivity contribution in [3.8, 4) is 0 Å². The highest BCUT2D eigenvalue weighted by molar-refractivity contribution is 6.92. The fourth-order valence-corrected chi connectivity index (χ4v) is 1.80. The zero-order chi connectivity index (χ0) is 5.91. The van der Waals surface area contributed by atoms with Gasteiger partial charge in [0.15, 0.2) is 8.99 Å². The van der Waals surface area contributed by atoms with Crippen LogP contribution in [0.3, 0.4) is 0 Å². The quantitative estimate of drug-likeness (QED) is 0.413. The summed E-state index contributed by atoms with van der Waals surface area (Å²) in [6, 6.07) is 0. The SMILES string of the molecule is CC(C)(C)N[SiH2]Cl. The van der Waals surface area contributed by atoms with Crippen LogP contribution in [0.25, 0.3) is 0 Å². The van der Waals surface area contributed by atoms with Crippen molar-refractivity contribution in [3.05, 3.63) is 0 Å². The van der Waals surface area contributed by atoms with E-state index in [1.165, 1.54) is 0 Å². The molecule has 0 saturated carbocycles. The van der Waals surface area contributed by atoms with Crippen LogP contribution in [0, 0.1) is 0 Å². The highest BCUT2D eigenvalue weighted by atomic mass is 35.6. The van der Waals surface area contributed by atoms with Crippen LogP contribution in [-0.4, -0.2) is 14.5 Å². The van der Waals surface area contributed by atoms with Gasteiger partial charge in [0.1, 0.15) is 0 Å². The maximum atomic E-state index is 5.51. The molecule has 0 fully saturated rings. The first-order valence-corrected chi connectivity index (χ1v) is 5.22. The van der Waals surface area contributed by atoms with Gasteiger partial charge in [0.2, 0.25) is 0 Å². The van der Waals surface area contributed by atoms with Crippen molar-refractivity contribution in [2.24, 2.45) is 0 Å². The van der Waals surface area contributed by atoms with E-state index >= 15 is 0 Å². The molecule has 0 heterocycles. The number of nitrogens with one attached hydrogen (secondary N) is 1. The summed E-state index contributed by atoms with van der Waals surface area (Å²) >= 11 is 5.51. The van der Waals surface area contributed by atoms with Gasteiger partial charge < -0.3 is 4.98 Å². The van der Waals surface area contributed by atoms with Gasteiger partial charge in [0.05, 0.1) is 0 Å². The summed E-state index contributed by atoms with van der Waals surface area (Å²) in [5.41, 5.74) is 0.230. The van der Waals surface area contributed by atoms with Crippen LogP contribution >= 0.6 is 11.1 Å². The monoisotopic (exact) mass is 137 g/mol. The summed E-state index contributed by atoms with van der Waals surface area (Å²) in [4.78, 5) is 3.19. The van der Waals surface area contributed by atoms with Gasteiger partial charge in [-0.2, -0.15) is 11.1 Å². The van der Waals surface area contributed by atoms with E-state index in [0.29, 0.717) is 0 Å². The summed E-state index contributed by atoms with van der Waals surface area (Å²) in [5, 5.41) is 0. The van der Waals surface area contributed by atoms with Gasteiger partial charge in [-0.25, -0.2) is 0 Å². The zero-order valence-corrected chi connectivity index (χ0v) is 7.26. The van der Waals surface area contributed by atoms with Crippen molar-refractivity contribution in [3.63, 3.8) is 0 Å². The number of hydrogen-bond acceptors (Lipinski definition) is 1. The fourth-order valence-electron chi connectivity index (χ4n) is 0.200. The number of rotatable bonds is 1. The first kappa shape index (κ1) is 7.47. The first-order chi connectivity index (χ1) is 3.06. The maximum Gasteiger partial charge on any atom is 0.195 e. The molecule has 0 spiro atoms. The summed E-state index contributed by atoms with van der Waals surface area (Å²) < 4.78 is 0. The van der Waals surface area contributed by atoms with Crippen molar-refractivity contribution >= 4 is 20.1 Å². The smallest absolute Gasteiger partial charge is 0.195 e. The molecule has 0 aliphatic rings. The molecule has 1 N–H and O–H groups in total. The second-order valence-electron chi connectivity index (χ2n) is 2.56. The van der Waals surface area contributed by atoms with Gasteiger partial charge in [0.25, 0.3) is 0 Å². The molecule has 0 saturated heterocycles. The van der Waals surface area contributed by atoms with E-state index in [4.69, 9.17) is 11.1 Å². The average Bonchev–Trinajstić information content (AvgIpc) is 1.30. The Morgan fingerprint density at radius 3 is 1.86 bits per heavy atom. The molecular weight excluding hydrogens is 126 g/mol. The van der Waals surface area contributed by atoms with Gasteiger partial charge in [-0.3, -0.25) is 0 Å². The highest BCUT2D eigenvalue weighted by Gasteiger charge is 2.05. The Morgan fingerprint density at radius 2 is 1.86 bits per heavy atom. The van der Waals surface area contributed by atoms with E-state index in [9.17, 15) is 0 Å². The van der Waals surface area contributed by atoms with Crippen molar-refractivity contribution in [2.45, 2.75) is 26.3 Å². The van der Waals surface area contributed by atoms with Gasteiger partial charge in [-0.05, 0) is 20.8 Å². The molecule has 0 bridgehead atoms. The van der Waals surface area contributed by atoms with Crippen molar-refractivity contribution in [2.75, 3.05) is 0 Å². The lowest BCUT2D eigenvalue weighted by Crippen LogP contribution is -2.36. The molecule has 0 aromatic rings. The molecule has 1 nitrogen and oxygen atoms in total. The minimum Gasteiger partial charge on any atom is -0.326 e. The number of hydrogen-bond donors (Lipinski definition) is 1. The Morgan fingerprint density at radius 1 is 1.43 bits per heavy atom. The van der Waals surface area contributed by atoms with Gasteiger partial charge >= 0.3 is 0 Å². The minimum atomic E-state index is -0.468. The van der Waals surface area contributed by atoms with Gasteiger partial charge in [0, 0.05) is 5.54 Å². The van der Waals surface area contributed by atoms with Crippen LogP contribution in [-0.2, 0) is 0 Å². The van der Waals surface area contributed by atoms with E-state index in [1.54, 1.807) is 0 Å². The Hall–Kier alpha value is 0.467. The van der Waals surface area contributed by atoms with Crippen LogP contribution in [0.15, 0.2) is 0 Å². The summed E-state index contributed by atoms with van der Waals surface area (Å²) in [6.07, 6.45) is 0. The highest BCUT2D eigenvalue weighted by Crippen LogP contribution is 1.95. The summed E-state index contributed by atoms with van der Waals surface area (Å²) in [6.45, 7) is 6.34. The van der Waals surface area contributed by atoms with Crippen LogP contribution in [0.4, 0.5) is 0 Å². The normalized spacial score (nSPS) is 13.7. The average molecular weight is 138 g/mol. The van der Waals surface area contributed by atoms with E-state index in [1.807, 2.05) is 0 Å². The molecule has 0 rings (SSSR count). The number of halogens is 1. The Bertz CT molecular complexity index is 50.1. The van der Waals surface area contributed by atoms with E-state index in [2.05, 4.69) is 25.8 Å². The molecule has 44 valence electrons. The standard InChI is InChI=1S/C4H12ClNSi/c1-4(2,3)6-7-5/h6H,7H2,1-3H3. The molecule has 0 aliphatic heterocycles. The van der Waals surface area contributed by atoms with Crippen LogP contribution in [0.1, 0.15) is 20.8 Å². The van der Waals surface area contributed by atoms with Crippen LogP contribution in [0.2, 0.25) is 0 Å².